The number of imidazole rings is 1. The van der Waals surface area contributed by atoms with E-state index in [2.05, 4.69) is 41.1 Å². The van der Waals surface area contributed by atoms with E-state index in [1.54, 1.807) is 0 Å². The first-order valence-corrected chi connectivity index (χ1v) is 13.0. The molecule has 0 saturated heterocycles. The summed E-state index contributed by atoms with van der Waals surface area (Å²) in [7, 11) is 0. The quantitative estimate of drug-likeness (QED) is 0.244. The fourth-order valence-electron chi connectivity index (χ4n) is 4.46. The second kappa shape index (κ2) is 14.5. The van der Waals surface area contributed by atoms with Crippen LogP contribution in [0.2, 0.25) is 0 Å². The minimum Gasteiger partial charge on any atom is -0.356 e. The van der Waals surface area contributed by atoms with E-state index in [1.165, 1.54) is 63.3 Å². The van der Waals surface area contributed by atoms with Gasteiger partial charge in [0.1, 0.15) is 5.82 Å². The van der Waals surface area contributed by atoms with E-state index in [4.69, 9.17) is 4.98 Å². The smallest absolute Gasteiger partial charge is 0.224 e. The fourth-order valence-corrected chi connectivity index (χ4v) is 4.46. The number of amides is 1. The number of benzene rings is 2. The van der Waals surface area contributed by atoms with Crippen molar-refractivity contribution in [2.24, 2.45) is 0 Å². The van der Waals surface area contributed by atoms with Gasteiger partial charge in [0.05, 0.1) is 17.5 Å². The van der Waals surface area contributed by atoms with Gasteiger partial charge in [-0.25, -0.2) is 4.98 Å². The van der Waals surface area contributed by atoms with E-state index in [-0.39, 0.29) is 5.91 Å². The summed E-state index contributed by atoms with van der Waals surface area (Å²) in [6.07, 6.45) is 14.3. The number of carbonyl (C=O) groups excluding carboxylic acids is 1. The van der Waals surface area contributed by atoms with E-state index in [0.717, 1.165) is 36.3 Å². The standard InChI is InChI=1S/C29H41N3O/c1-2-3-4-5-6-7-8-9-15-23-32-27-20-14-13-19-26(27)31-28(32)21-16-22-30-29(33)24-25-17-11-10-12-18-25/h10-14,17-20H,2-9,15-16,21-24H2,1H3,(H,30,33). The molecular weight excluding hydrogens is 406 g/mol. The third-order valence-corrected chi connectivity index (χ3v) is 6.33. The Morgan fingerprint density at radius 3 is 2.24 bits per heavy atom. The summed E-state index contributed by atoms with van der Waals surface area (Å²) in [6, 6.07) is 18.4. The van der Waals surface area contributed by atoms with Gasteiger partial charge in [-0.05, 0) is 30.5 Å². The third-order valence-electron chi connectivity index (χ3n) is 6.33. The van der Waals surface area contributed by atoms with Gasteiger partial charge in [0.15, 0.2) is 0 Å². The van der Waals surface area contributed by atoms with Crippen LogP contribution in [0, 0.1) is 0 Å². The highest BCUT2D eigenvalue weighted by Gasteiger charge is 2.10. The van der Waals surface area contributed by atoms with Gasteiger partial charge < -0.3 is 9.88 Å². The zero-order chi connectivity index (χ0) is 23.1. The molecule has 1 aromatic heterocycles. The number of aryl methyl sites for hydroxylation is 2. The number of nitrogens with one attached hydrogen (secondary N) is 1. The van der Waals surface area contributed by atoms with Crippen molar-refractivity contribution >= 4 is 16.9 Å². The Bertz CT molecular complexity index is 948. The zero-order valence-electron chi connectivity index (χ0n) is 20.4. The predicted molar refractivity (Wildman–Crippen MR) is 138 cm³/mol. The lowest BCUT2D eigenvalue weighted by atomic mass is 10.1. The second-order valence-corrected chi connectivity index (χ2v) is 9.11. The molecule has 0 bridgehead atoms. The molecule has 178 valence electrons. The molecule has 3 aromatic rings. The first kappa shape index (κ1) is 25.0. The first-order chi connectivity index (χ1) is 16.3. The Balaban J connectivity index is 1.42. The number of para-hydroxylation sites is 2. The normalized spacial score (nSPS) is 11.2. The van der Waals surface area contributed by atoms with Crippen LogP contribution in [0.15, 0.2) is 54.6 Å². The zero-order valence-corrected chi connectivity index (χ0v) is 20.4. The van der Waals surface area contributed by atoms with Crippen LogP contribution in [0.25, 0.3) is 11.0 Å². The van der Waals surface area contributed by atoms with Crippen LogP contribution in [0.5, 0.6) is 0 Å². The molecule has 4 heteroatoms. The summed E-state index contributed by atoms with van der Waals surface area (Å²) < 4.78 is 2.41. The summed E-state index contributed by atoms with van der Waals surface area (Å²) in [5.74, 6) is 1.23. The Hall–Kier alpha value is -2.62. The molecular formula is C29H41N3O. The minimum atomic E-state index is 0.0874. The van der Waals surface area contributed by atoms with Crippen LogP contribution in [-0.2, 0) is 24.2 Å². The Kier molecular flexibility index (Phi) is 11.0. The van der Waals surface area contributed by atoms with Crippen LogP contribution in [0.4, 0.5) is 0 Å². The lowest BCUT2D eigenvalue weighted by Gasteiger charge is -2.10. The largest absolute Gasteiger partial charge is 0.356 e. The van der Waals surface area contributed by atoms with Gasteiger partial charge in [0, 0.05) is 19.5 Å². The van der Waals surface area contributed by atoms with Crippen LogP contribution in [0.3, 0.4) is 0 Å². The molecule has 0 fully saturated rings. The van der Waals surface area contributed by atoms with Gasteiger partial charge in [0.25, 0.3) is 0 Å². The number of fused-ring (bicyclic) bond motifs is 1. The maximum absolute atomic E-state index is 12.2. The number of carbonyl (C=O) groups is 1. The third kappa shape index (κ3) is 8.68. The molecule has 0 spiro atoms. The van der Waals surface area contributed by atoms with Crippen LogP contribution < -0.4 is 5.32 Å². The van der Waals surface area contributed by atoms with Gasteiger partial charge in [-0.3, -0.25) is 4.79 Å². The second-order valence-electron chi connectivity index (χ2n) is 9.11. The van der Waals surface area contributed by atoms with E-state index in [0.29, 0.717) is 13.0 Å². The maximum Gasteiger partial charge on any atom is 0.224 e. The van der Waals surface area contributed by atoms with Gasteiger partial charge in [-0.2, -0.15) is 0 Å². The number of hydrogen-bond donors (Lipinski definition) is 1. The predicted octanol–water partition coefficient (Wildman–Crippen LogP) is 6.86. The van der Waals surface area contributed by atoms with Gasteiger partial charge in [0.2, 0.25) is 5.91 Å². The van der Waals surface area contributed by atoms with E-state index < -0.39 is 0 Å². The van der Waals surface area contributed by atoms with Crippen molar-refractivity contribution in [3.63, 3.8) is 0 Å². The lowest BCUT2D eigenvalue weighted by molar-refractivity contribution is -0.120. The summed E-state index contributed by atoms with van der Waals surface area (Å²) >= 11 is 0. The molecule has 0 saturated carbocycles. The van der Waals surface area contributed by atoms with Crippen molar-refractivity contribution in [3.05, 3.63) is 66.0 Å². The molecule has 0 radical (unpaired) electrons. The number of unbranched alkanes of at least 4 members (excludes halogenated alkanes) is 8. The van der Waals surface area contributed by atoms with Gasteiger partial charge in [-0.15, -0.1) is 0 Å². The van der Waals surface area contributed by atoms with Crippen molar-refractivity contribution in [2.45, 2.75) is 90.5 Å². The molecule has 2 aromatic carbocycles. The number of aromatic nitrogens is 2. The van der Waals surface area contributed by atoms with Gasteiger partial charge in [-0.1, -0.05) is 101 Å². The molecule has 3 rings (SSSR count). The Morgan fingerprint density at radius 2 is 1.48 bits per heavy atom. The Labute approximate surface area is 199 Å². The van der Waals surface area contributed by atoms with Crippen molar-refractivity contribution in [1.82, 2.24) is 14.9 Å². The van der Waals surface area contributed by atoms with Crippen molar-refractivity contribution in [3.8, 4) is 0 Å². The topological polar surface area (TPSA) is 46.9 Å². The number of nitrogens with zero attached hydrogens (tertiary/aromatic N) is 2. The van der Waals surface area contributed by atoms with E-state index in [1.807, 2.05) is 30.3 Å². The molecule has 0 atom stereocenters. The SMILES string of the molecule is CCCCCCCCCCCn1c(CCCNC(=O)Cc2ccccc2)nc2ccccc21. The van der Waals surface area contributed by atoms with Crippen LogP contribution in [0.1, 0.15) is 82.5 Å². The van der Waals surface area contributed by atoms with Crippen molar-refractivity contribution in [1.29, 1.82) is 0 Å². The monoisotopic (exact) mass is 447 g/mol. The summed E-state index contributed by atoms with van der Waals surface area (Å²) in [5, 5.41) is 3.06. The fraction of sp³-hybridized carbons (Fsp3) is 0.517. The van der Waals surface area contributed by atoms with E-state index >= 15 is 0 Å². The van der Waals surface area contributed by atoms with Gasteiger partial charge >= 0.3 is 0 Å². The average molecular weight is 448 g/mol. The summed E-state index contributed by atoms with van der Waals surface area (Å²) in [5.41, 5.74) is 3.37. The highest BCUT2D eigenvalue weighted by atomic mass is 16.1. The molecule has 1 heterocycles. The van der Waals surface area contributed by atoms with Crippen molar-refractivity contribution < 1.29 is 4.79 Å². The molecule has 0 aliphatic carbocycles. The van der Waals surface area contributed by atoms with Crippen LogP contribution >= 0.6 is 0 Å². The average Bonchev–Trinajstić information content (AvgIpc) is 3.19. The molecule has 33 heavy (non-hydrogen) atoms. The molecule has 0 unspecified atom stereocenters. The Morgan fingerprint density at radius 1 is 0.818 bits per heavy atom. The molecule has 1 amide bonds. The van der Waals surface area contributed by atoms with Crippen molar-refractivity contribution in [2.75, 3.05) is 6.54 Å². The molecule has 0 aliphatic rings. The molecule has 1 N–H and O–H groups in total. The summed E-state index contributed by atoms with van der Waals surface area (Å²) in [4.78, 5) is 17.1. The molecule has 4 nitrogen and oxygen atoms in total. The number of rotatable bonds is 16. The maximum atomic E-state index is 12.2. The highest BCUT2D eigenvalue weighted by Crippen LogP contribution is 2.19. The summed E-state index contributed by atoms with van der Waals surface area (Å²) in [6.45, 7) is 4.00. The highest BCUT2D eigenvalue weighted by molar-refractivity contribution is 5.78. The van der Waals surface area contributed by atoms with Crippen LogP contribution in [-0.4, -0.2) is 22.0 Å². The first-order valence-electron chi connectivity index (χ1n) is 13.0. The minimum absolute atomic E-state index is 0.0874. The van der Waals surface area contributed by atoms with E-state index in [9.17, 15) is 4.79 Å². The molecule has 0 aliphatic heterocycles. The lowest BCUT2D eigenvalue weighted by Crippen LogP contribution is -2.26. The number of hydrogen-bond acceptors (Lipinski definition) is 2.